The van der Waals surface area contributed by atoms with Gasteiger partial charge in [0.15, 0.2) is 0 Å². The van der Waals surface area contributed by atoms with Crippen molar-refractivity contribution in [3.05, 3.63) is 34.9 Å². The molecule has 166 valence electrons. The molecule has 3 aliphatic carbocycles. The van der Waals surface area contributed by atoms with Gasteiger partial charge in [-0.15, -0.1) is 0 Å². The van der Waals surface area contributed by atoms with E-state index < -0.39 is 28.7 Å². The summed E-state index contributed by atoms with van der Waals surface area (Å²) in [6.45, 7) is 5.38. The van der Waals surface area contributed by atoms with Crippen molar-refractivity contribution in [1.29, 1.82) is 0 Å². The number of aryl methyl sites for hydroxylation is 1. The van der Waals surface area contributed by atoms with E-state index in [-0.39, 0.29) is 17.8 Å². The van der Waals surface area contributed by atoms with Crippen LogP contribution in [-0.4, -0.2) is 34.9 Å². The molecule has 6 heteroatoms. The van der Waals surface area contributed by atoms with Gasteiger partial charge < -0.3 is 19.7 Å². The second-order valence-electron chi connectivity index (χ2n) is 9.62. The molecule has 31 heavy (non-hydrogen) atoms. The van der Waals surface area contributed by atoms with Gasteiger partial charge in [0.1, 0.15) is 11.7 Å². The first kappa shape index (κ1) is 21.9. The molecule has 0 aliphatic heterocycles. The Hall–Kier alpha value is -2.36. The fourth-order valence-corrected chi connectivity index (χ4v) is 6.40. The molecule has 1 aromatic rings. The largest absolute Gasteiger partial charge is 0.459 e. The number of methoxy groups -OCH3 is 1. The van der Waals surface area contributed by atoms with E-state index in [0.29, 0.717) is 32.1 Å². The van der Waals surface area contributed by atoms with E-state index in [2.05, 4.69) is 16.6 Å². The van der Waals surface area contributed by atoms with Gasteiger partial charge >= 0.3 is 11.9 Å². The summed E-state index contributed by atoms with van der Waals surface area (Å²) < 4.78 is 10.3. The number of rotatable bonds is 1. The van der Waals surface area contributed by atoms with E-state index in [1.165, 1.54) is 14.0 Å². The van der Waals surface area contributed by atoms with Crippen LogP contribution in [-0.2, 0) is 24.7 Å². The predicted octanol–water partition coefficient (Wildman–Crippen LogP) is 2.92. The van der Waals surface area contributed by atoms with Crippen molar-refractivity contribution in [2.45, 2.75) is 70.2 Å². The van der Waals surface area contributed by atoms with Gasteiger partial charge in [0, 0.05) is 18.3 Å². The molecule has 0 unspecified atom stereocenters. The average molecular weight is 427 g/mol. The zero-order chi connectivity index (χ0) is 22.6. The number of ether oxygens (including phenoxy) is 2. The van der Waals surface area contributed by atoms with Gasteiger partial charge in [-0.05, 0) is 62.0 Å². The summed E-state index contributed by atoms with van der Waals surface area (Å²) in [6, 6.07) is 5.93. The van der Waals surface area contributed by atoms with Crippen LogP contribution >= 0.6 is 0 Å². The number of hydrogen-bond acceptors (Lipinski definition) is 6. The highest BCUT2D eigenvalue weighted by atomic mass is 16.5. The van der Waals surface area contributed by atoms with Gasteiger partial charge in [0.05, 0.1) is 12.7 Å². The first-order chi connectivity index (χ1) is 14.5. The van der Waals surface area contributed by atoms with Crippen LogP contribution in [0.15, 0.2) is 18.2 Å². The summed E-state index contributed by atoms with van der Waals surface area (Å²) >= 11 is 0. The Morgan fingerprint density at radius 3 is 2.58 bits per heavy atom. The fraction of sp³-hybridized carbons (Fsp3) is 0.600. The highest BCUT2D eigenvalue weighted by Gasteiger charge is 2.65. The Morgan fingerprint density at radius 1 is 1.16 bits per heavy atom. The van der Waals surface area contributed by atoms with Crippen molar-refractivity contribution in [1.82, 2.24) is 0 Å². The van der Waals surface area contributed by atoms with Crippen LogP contribution in [0.25, 0.3) is 0 Å². The predicted molar refractivity (Wildman–Crippen MR) is 112 cm³/mol. The highest BCUT2D eigenvalue weighted by molar-refractivity contribution is 5.88. The third-order valence-corrected chi connectivity index (χ3v) is 8.06. The van der Waals surface area contributed by atoms with Crippen LogP contribution in [0.1, 0.15) is 68.7 Å². The van der Waals surface area contributed by atoms with Crippen LogP contribution in [0.4, 0.5) is 0 Å². The summed E-state index contributed by atoms with van der Waals surface area (Å²) in [5.74, 6) is 3.95. The Bertz CT molecular complexity index is 989. The van der Waals surface area contributed by atoms with E-state index in [1.807, 2.05) is 32.0 Å². The second-order valence-corrected chi connectivity index (χ2v) is 9.62. The molecule has 0 saturated heterocycles. The number of hydrogen-bond donors (Lipinski definition) is 2. The zero-order valence-corrected chi connectivity index (χ0v) is 18.5. The quantitative estimate of drug-likeness (QED) is 0.408. The van der Waals surface area contributed by atoms with Gasteiger partial charge in [-0.25, -0.2) is 4.79 Å². The summed E-state index contributed by atoms with van der Waals surface area (Å²) in [5, 5.41) is 23.4. The maximum Gasteiger partial charge on any atom is 0.384 e. The van der Waals surface area contributed by atoms with E-state index in [1.54, 1.807) is 0 Å². The highest BCUT2D eigenvalue weighted by Crippen LogP contribution is 2.66. The number of esters is 2. The Labute approximate surface area is 182 Å². The summed E-state index contributed by atoms with van der Waals surface area (Å²) in [6.07, 6.45) is 2.19. The zero-order valence-electron chi connectivity index (χ0n) is 18.5. The lowest BCUT2D eigenvalue weighted by molar-refractivity contribution is -0.176. The molecule has 0 bridgehead atoms. The summed E-state index contributed by atoms with van der Waals surface area (Å²) in [7, 11) is 1.26. The lowest BCUT2D eigenvalue weighted by Gasteiger charge is -2.56. The molecule has 0 heterocycles. The number of carbonyl (C=O) groups excluding carboxylic acids is 2. The van der Waals surface area contributed by atoms with Crippen LogP contribution in [0.3, 0.4) is 0 Å². The average Bonchev–Trinajstić information content (AvgIpc) is 2.98. The van der Waals surface area contributed by atoms with Crippen molar-refractivity contribution in [2.75, 3.05) is 7.11 Å². The monoisotopic (exact) mass is 426 g/mol. The lowest BCUT2D eigenvalue weighted by atomic mass is 9.51. The summed E-state index contributed by atoms with van der Waals surface area (Å²) in [5.41, 5.74) is -0.238. The van der Waals surface area contributed by atoms with E-state index in [0.717, 1.165) is 16.7 Å². The maximum absolute atomic E-state index is 11.9. The van der Waals surface area contributed by atoms with E-state index >= 15 is 0 Å². The minimum Gasteiger partial charge on any atom is -0.459 e. The topological polar surface area (TPSA) is 93.1 Å². The molecule has 0 radical (unpaired) electrons. The Morgan fingerprint density at radius 2 is 1.90 bits per heavy atom. The third-order valence-electron chi connectivity index (χ3n) is 8.06. The minimum atomic E-state index is -1.34. The number of benzene rings is 1. The third kappa shape index (κ3) is 3.26. The summed E-state index contributed by atoms with van der Waals surface area (Å²) in [4.78, 5) is 23.4. The first-order valence-electron chi connectivity index (χ1n) is 10.9. The van der Waals surface area contributed by atoms with Crippen molar-refractivity contribution < 1.29 is 29.3 Å². The standard InChI is InChI=1S/C25H30O6/c1-15-5-6-18-17(13-15)21(31-16(2)26)14-20-19-7-9-24(28,10-8-22(27)30-4)23(19,3)11-12-25(18,20)29/h5-6,13,19-21,28-29H,7,9,11-12,14H2,1-4H3/t19-,20-,21+,23-,24+,25-/m0/s1. The van der Waals surface area contributed by atoms with Gasteiger partial charge in [-0.3, -0.25) is 4.79 Å². The van der Waals surface area contributed by atoms with Crippen molar-refractivity contribution in [2.24, 2.45) is 17.3 Å². The number of fused-ring (bicyclic) bond motifs is 5. The van der Waals surface area contributed by atoms with Crippen LogP contribution < -0.4 is 0 Å². The van der Waals surface area contributed by atoms with Gasteiger partial charge in [-0.2, -0.15) is 0 Å². The molecule has 6 nitrogen and oxygen atoms in total. The maximum atomic E-state index is 11.9. The molecule has 0 spiro atoms. The molecular formula is C25H30O6. The van der Waals surface area contributed by atoms with E-state index in [9.17, 15) is 19.8 Å². The van der Waals surface area contributed by atoms with Gasteiger partial charge in [-0.1, -0.05) is 36.6 Å². The second kappa shape index (κ2) is 7.36. The fourth-order valence-electron chi connectivity index (χ4n) is 6.40. The van der Waals surface area contributed by atoms with Crippen LogP contribution in [0.2, 0.25) is 0 Å². The van der Waals surface area contributed by atoms with Crippen molar-refractivity contribution in [3.63, 3.8) is 0 Å². The van der Waals surface area contributed by atoms with Crippen molar-refractivity contribution >= 4 is 11.9 Å². The molecule has 2 N–H and O–H groups in total. The normalized spacial score (nSPS) is 38.1. The van der Waals surface area contributed by atoms with Gasteiger partial charge in [0.2, 0.25) is 0 Å². The Balaban J connectivity index is 1.76. The molecule has 0 amide bonds. The molecule has 2 saturated carbocycles. The van der Waals surface area contributed by atoms with Crippen LogP contribution in [0.5, 0.6) is 0 Å². The minimum absolute atomic E-state index is 0.0318. The SMILES string of the molecule is COC(=O)C#C[C@]1(O)CC[C@H]2[C@@H]3C[C@@H](OC(C)=O)c4cc(C)ccc4[C@@]3(O)CC[C@@]21C. The lowest BCUT2D eigenvalue weighted by Crippen LogP contribution is -2.56. The molecule has 1 aromatic carbocycles. The number of aliphatic hydroxyl groups is 2. The molecule has 4 rings (SSSR count). The first-order valence-corrected chi connectivity index (χ1v) is 10.9. The van der Waals surface area contributed by atoms with Crippen molar-refractivity contribution in [3.8, 4) is 11.8 Å². The number of carbonyl (C=O) groups is 2. The molecule has 0 aromatic heterocycles. The Kier molecular flexibility index (Phi) is 5.19. The van der Waals surface area contributed by atoms with E-state index in [4.69, 9.17) is 4.74 Å². The molecule has 3 aliphatic rings. The molecule has 6 atom stereocenters. The molecule has 2 fully saturated rings. The van der Waals surface area contributed by atoms with Gasteiger partial charge in [0.25, 0.3) is 0 Å². The smallest absolute Gasteiger partial charge is 0.384 e. The van der Waals surface area contributed by atoms with Crippen LogP contribution in [0, 0.1) is 36.0 Å². The molecular weight excluding hydrogens is 396 g/mol.